The number of likely N-dealkylation sites (tertiary alicyclic amines) is 1. The molecule has 1 amide bonds. The highest BCUT2D eigenvalue weighted by Gasteiger charge is 2.54. The minimum atomic E-state index is -0.350. The van der Waals surface area contributed by atoms with E-state index in [1.165, 1.54) is 5.56 Å². The van der Waals surface area contributed by atoms with Gasteiger partial charge in [0.1, 0.15) is 0 Å². The molecule has 4 heterocycles. The Morgan fingerprint density at radius 3 is 3.04 bits per heavy atom. The van der Waals surface area contributed by atoms with Gasteiger partial charge in [0.2, 0.25) is 11.8 Å². The SMILES string of the molecule is O=C1NC[C@H](COc2ccccn2)[C@]12CCN(Cc1cccnc1)C2. The molecule has 1 spiro atoms. The molecule has 6 nitrogen and oxygen atoms in total. The number of ether oxygens (including phenoxy) is 1. The molecule has 25 heavy (non-hydrogen) atoms. The summed E-state index contributed by atoms with van der Waals surface area (Å²) < 4.78 is 5.85. The normalized spacial score (nSPS) is 26.1. The van der Waals surface area contributed by atoms with Gasteiger partial charge in [-0.15, -0.1) is 0 Å². The highest BCUT2D eigenvalue weighted by Crippen LogP contribution is 2.42. The van der Waals surface area contributed by atoms with Crippen molar-refractivity contribution in [2.24, 2.45) is 11.3 Å². The number of amides is 1. The second kappa shape index (κ2) is 6.80. The Kier molecular flexibility index (Phi) is 4.36. The molecule has 0 aliphatic carbocycles. The zero-order valence-electron chi connectivity index (χ0n) is 14.1. The molecule has 0 aromatic carbocycles. The van der Waals surface area contributed by atoms with Crippen LogP contribution in [0, 0.1) is 11.3 Å². The van der Waals surface area contributed by atoms with Gasteiger partial charge in [0, 0.05) is 50.2 Å². The lowest BCUT2D eigenvalue weighted by molar-refractivity contribution is -0.128. The first kappa shape index (κ1) is 16.0. The van der Waals surface area contributed by atoms with E-state index in [1.54, 1.807) is 12.4 Å². The summed E-state index contributed by atoms with van der Waals surface area (Å²) in [5, 5.41) is 3.04. The average Bonchev–Trinajstić information content (AvgIpc) is 3.20. The Hall–Kier alpha value is -2.47. The van der Waals surface area contributed by atoms with E-state index >= 15 is 0 Å². The van der Waals surface area contributed by atoms with Gasteiger partial charge in [0.05, 0.1) is 12.0 Å². The van der Waals surface area contributed by atoms with Gasteiger partial charge < -0.3 is 10.1 Å². The molecular formula is C19H22N4O2. The topological polar surface area (TPSA) is 67.3 Å². The van der Waals surface area contributed by atoms with Gasteiger partial charge in [-0.1, -0.05) is 12.1 Å². The quantitative estimate of drug-likeness (QED) is 0.895. The van der Waals surface area contributed by atoms with Crippen LogP contribution in [0.3, 0.4) is 0 Å². The maximum Gasteiger partial charge on any atom is 0.228 e. The minimum Gasteiger partial charge on any atom is -0.477 e. The van der Waals surface area contributed by atoms with Crippen LogP contribution in [0.15, 0.2) is 48.9 Å². The predicted molar refractivity (Wildman–Crippen MR) is 92.8 cm³/mol. The summed E-state index contributed by atoms with van der Waals surface area (Å²) in [5.74, 6) is 0.943. The molecule has 2 aromatic rings. The van der Waals surface area contributed by atoms with E-state index in [4.69, 9.17) is 4.74 Å². The summed E-state index contributed by atoms with van der Waals surface area (Å²) in [6, 6.07) is 9.64. The fraction of sp³-hybridized carbons (Fsp3) is 0.421. The lowest BCUT2D eigenvalue weighted by Gasteiger charge is -2.28. The van der Waals surface area contributed by atoms with Crippen LogP contribution in [0.25, 0.3) is 0 Å². The first-order valence-electron chi connectivity index (χ1n) is 8.70. The van der Waals surface area contributed by atoms with Crippen LogP contribution in [-0.4, -0.2) is 47.0 Å². The number of hydrogen-bond donors (Lipinski definition) is 1. The summed E-state index contributed by atoms with van der Waals surface area (Å²) in [6.07, 6.45) is 6.26. The van der Waals surface area contributed by atoms with Crippen LogP contribution in [0.1, 0.15) is 12.0 Å². The van der Waals surface area contributed by atoms with Crippen molar-refractivity contribution in [3.05, 3.63) is 54.5 Å². The molecule has 4 rings (SSSR count). The van der Waals surface area contributed by atoms with Crippen LogP contribution < -0.4 is 10.1 Å². The van der Waals surface area contributed by atoms with Crippen LogP contribution >= 0.6 is 0 Å². The van der Waals surface area contributed by atoms with Crippen molar-refractivity contribution in [2.45, 2.75) is 13.0 Å². The Morgan fingerprint density at radius 2 is 2.24 bits per heavy atom. The fourth-order valence-electron chi connectivity index (χ4n) is 3.93. The average molecular weight is 338 g/mol. The molecule has 2 aliphatic heterocycles. The fourth-order valence-corrected chi connectivity index (χ4v) is 3.93. The predicted octanol–water partition coefficient (Wildman–Crippen LogP) is 1.49. The van der Waals surface area contributed by atoms with E-state index in [0.29, 0.717) is 19.0 Å². The summed E-state index contributed by atoms with van der Waals surface area (Å²) in [7, 11) is 0. The summed E-state index contributed by atoms with van der Waals surface area (Å²) >= 11 is 0. The summed E-state index contributed by atoms with van der Waals surface area (Å²) in [5.41, 5.74) is 0.830. The monoisotopic (exact) mass is 338 g/mol. The van der Waals surface area contributed by atoms with Gasteiger partial charge in [-0.25, -0.2) is 4.98 Å². The number of rotatable bonds is 5. The second-order valence-electron chi connectivity index (χ2n) is 6.86. The molecule has 6 heteroatoms. The van der Waals surface area contributed by atoms with Crippen molar-refractivity contribution >= 4 is 5.91 Å². The molecule has 2 fully saturated rings. The lowest BCUT2D eigenvalue weighted by atomic mass is 9.77. The van der Waals surface area contributed by atoms with Gasteiger partial charge in [-0.05, 0) is 30.7 Å². The molecule has 0 saturated carbocycles. The Morgan fingerprint density at radius 1 is 1.28 bits per heavy atom. The smallest absolute Gasteiger partial charge is 0.228 e. The highest BCUT2D eigenvalue weighted by molar-refractivity contribution is 5.86. The van der Waals surface area contributed by atoms with Crippen LogP contribution in [-0.2, 0) is 11.3 Å². The van der Waals surface area contributed by atoms with Crippen molar-refractivity contribution in [3.63, 3.8) is 0 Å². The van der Waals surface area contributed by atoms with E-state index in [9.17, 15) is 4.79 Å². The third-order valence-electron chi connectivity index (χ3n) is 5.32. The highest BCUT2D eigenvalue weighted by atomic mass is 16.5. The Balaban J connectivity index is 1.42. The zero-order chi connectivity index (χ0) is 17.1. The third kappa shape index (κ3) is 3.22. The molecule has 0 unspecified atom stereocenters. The van der Waals surface area contributed by atoms with E-state index in [0.717, 1.165) is 26.1 Å². The molecule has 130 valence electrons. The molecule has 0 bridgehead atoms. The number of hydrogen-bond acceptors (Lipinski definition) is 5. The first-order chi connectivity index (χ1) is 12.3. The molecular weight excluding hydrogens is 316 g/mol. The van der Waals surface area contributed by atoms with Crippen molar-refractivity contribution in [1.82, 2.24) is 20.2 Å². The molecule has 2 saturated heterocycles. The van der Waals surface area contributed by atoms with Crippen LogP contribution in [0.2, 0.25) is 0 Å². The molecule has 0 radical (unpaired) electrons. The number of pyridine rings is 2. The van der Waals surface area contributed by atoms with E-state index in [2.05, 4.69) is 26.3 Å². The van der Waals surface area contributed by atoms with Crippen molar-refractivity contribution in [2.75, 3.05) is 26.2 Å². The molecule has 2 aromatic heterocycles. The van der Waals surface area contributed by atoms with Gasteiger partial charge in [-0.3, -0.25) is 14.7 Å². The van der Waals surface area contributed by atoms with E-state index in [1.807, 2.05) is 30.5 Å². The zero-order valence-corrected chi connectivity index (χ0v) is 14.1. The van der Waals surface area contributed by atoms with Gasteiger partial charge in [0.25, 0.3) is 0 Å². The minimum absolute atomic E-state index is 0.163. The first-order valence-corrected chi connectivity index (χ1v) is 8.70. The van der Waals surface area contributed by atoms with Gasteiger partial charge in [0.15, 0.2) is 0 Å². The van der Waals surface area contributed by atoms with Gasteiger partial charge in [-0.2, -0.15) is 0 Å². The largest absolute Gasteiger partial charge is 0.477 e. The van der Waals surface area contributed by atoms with Crippen molar-refractivity contribution in [1.29, 1.82) is 0 Å². The standard InChI is InChI=1S/C19H22N4O2/c24-18-19(6-9-23(14-19)12-15-4-3-7-20-10-15)16(11-22-18)13-25-17-5-1-2-8-21-17/h1-5,7-8,10,16H,6,9,11-14H2,(H,22,24)/t16-,19-/m1/s1. The number of carbonyl (C=O) groups excluding carboxylic acids is 1. The molecule has 2 atom stereocenters. The van der Waals surface area contributed by atoms with Crippen molar-refractivity contribution < 1.29 is 9.53 Å². The lowest BCUT2D eigenvalue weighted by Crippen LogP contribution is -2.40. The van der Waals surface area contributed by atoms with E-state index in [-0.39, 0.29) is 17.2 Å². The van der Waals surface area contributed by atoms with Crippen molar-refractivity contribution in [3.8, 4) is 5.88 Å². The Bertz CT molecular complexity index is 725. The molecule has 2 aliphatic rings. The summed E-state index contributed by atoms with van der Waals surface area (Å²) in [6.45, 7) is 3.70. The van der Waals surface area contributed by atoms with Crippen LogP contribution in [0.4, 0.5) is 0 Å². The second-order valence-corrected chi connectivity index (χ2v) is 6.86. The number of nitrogens with one attached hydrogen (secondary N) is 1. The summed E-state index contributed by atoms with van der Waals surface area (Å²) in [4.78, 5) is 23.3. The van der Waals surface area contributed by atoms with Gasteiger partial charge >= 0.3 is 0 Å². The number of carbonyl (C=O) groups is 1. The molecule has 1 N–H and O–H groups in total. The number of aromatic nitrogens is 2. The van der Waals surface area contributed by atoms with E-state index < -0.39 is 0 Å². The maximum absolute atomic E-state index is 12.6. The third-order valence-corrected chi connectivity index (χ3v) is 5.32. The number of nitrogens with zero attached hydrogens (tertiary/aromatic N) is 3. The van der Waals surface area contributed by atoms with Crippen LogP contribution in [0.5, 0.6) is 5.88 Å². The maximum atomic E-state index is 12.6. The Labute approximate surface area is 147 Å².